The van der Waals surface area contributed by atoms with Crippen molar-refractivity contribution in [3.05, 3.63) is 62.4 Å². The zero-order valence-electron chi connectivity index (χ0n) is 10.7. The Morgan fingerprint density at radius 3 is 2.25 bits per heavy atom. The van der Waals surface area contributed by atoms with Crippen LogP contribution in [0.2, 0.25) is 0 Å². The Hall–Kier alpha value is -2.31. The van der Waals surface area contributed by atoms with Crippen LogP contribution in [0.1, 0.15) is 11.3 Å². The fourth-order valence-electron chi connectivity index (χ4n) is 1.93. The van der Waals surface area contributed by atoms with Crippen LogP contribution in [-0.2, 0) is 13.2 Å². The Bertz CT molecular complexity index is 772. The largest absolute Gasteiger partial charge is 0.431 e. The van der Waals surface area contributed by atoms with E-state index in [1.165, 1.54) is 6.07 Å². The van der Waals surface area contributed by atoms with E-state index in [0.717, 1.165) is 11.6 Å². The summed E-state index contributed by atoms with van der Waals surface area (Å²) in [4.78, 5) is 23.9. The molecular weight excluding hydrogens is 273 g/mol. The van der Waals surface area contributed by atoms with Gasteiger partial charge in [-0.05, 0) is 18.6 Å². The van der Waals surface area contributed by atoms with E-state index in [2.05, 4.69) is 0 Å². The van der Waals surface area contributed by atoms with E-state index in [1.807, 2.05) is 0 Å². The van der Waals surface area contributed by atoms with Gasteiger partial charge in [-0.25, -0.2) is 9.36 Å². The first-order chi connectivity index (χ1) is 9.23. The molecule has 0 radical (unpaired) electrons. The van der Waals surface area contributed by atoms with E-state index < -0.39 is 23.1 Å². The number of para-hydroxylation sites is 1. The lowest BCUT2D eigenvalue weighted by atomic mass is 10.2. The minimum atomic E-state index is -4.75. The molecule has 106 valence electrons. The average molecular weight is 284 g/mol. The fraction of sp³-hybridized carbons (Fsp3) is 0.231. The van der Waals surface area contributed by atoms with E-state index in [9.17, 15) is 22.8 Å². The maximum atomic E-state index is 12.7. The summed E-state index contributed by atoms with van der Waals surface area (Å²) in [5, 5.41) is 0. The van der Waals surface area contributed by atoms with Gasteiger partial charge in [0.25, 0.3) is 5.56 Å². The molecule has 0 aliphatic carbocycles. The molecule has 4 nitrogen and oxygen atoms in total. The van der Waals surface area contributed by atoms with Gasteiger partial charge in [-0.15, -0.1) is 0 Å². The highest BCUT2D eigenvalue weighted by molar-refractivity contribution is 5.40. The van der Waals surface area contributed by atoms with Gasteiger partial charge in [-0.1, -0.05) is 18.2 Å². The van der Waals surface area contributed by atoms with Crippen LogP contribution in [0.15, 0.2) is 39.9 Å². The molecule has 0 saturated heterocycles. The molecule has 2 aromatic rings. The highest BCUT2D eigenvalue weighted by Crippen LogP contribution is 2.27. The number of aryl methyl sites for hydroxylation is 1. The van der Waals surface area contributed by atoms with Crippen LogP contribution in [0.4, 0.5) is 13.2 Å². The summed E-state index contributed by atoms with van der Waals surface area (Å²) in [5.74, 6) is 0. The molecule has 1 heterocycles. The van der Waals surface area contributed by atoms with Gasteiger partial charge in [-0.2, -0.15) is 13.2 Å². The van der Waals surface area contributed by atoms with Gasteiger partial charge in [0.05, 0.1) is 5.69 Å². The number of nitrogens with zero attached hydrogens (tertiary/aromatic N) is 2. The monoisotopic (exact) mass is 284 g/mol. The van der Waals surface area contributed by atoms with Crippen LogP contribution in [-0.4, -0.2) is 9.13 Å². The number of alkyl halides is 3. The summed E-state index contributed by atoms with van der Waals surface area (Å²) in [7, 11) is 0.985. The van der Waals surface area contributed by atoms with Crippen molar-refractivity contribution in [3.8, 4) is 5.69 Å². The molecule has 1 aromatic carbocycles. The van der Waals surface area contributed by atoms with Gasteiger partial charge in [0.15, 0.2) is 0 Å². The maximum absolute atomic E-state index is 12.7. The van der Waals surface area contributed by atoms with Crippen molar-refractivity contribution in [2.75, 3.05) is 0 Å². The van der Waals surface area contributed by atoms with Gasteiger partial charge in [0.1, 0.15) is 5.69 Å². The van der Waals surface area contributed by atoms with Gasteiger partial charge in [0.2, 0.25) is 0 Å². The Labute approximate surface area is 111 Å². The molecule has 2 rings (SSSR count). The zero-order chi connectivity index (χ0) is 15.1. The number of rotatable bonds is 1. The number of hydrogen-bond donors (Lipinski definition) is 0. The third-order valence-electron chi connectivity index (χ3n) is 2.97. The second-order valence-electron chi connectivity index (χ2n) is 4.33. The lowest BCUT2D eigenvalue weighted by molar-refractivity contribution is -0.144. The van der Waals surface area contributed by atoms with Crippen LogP contribution in [0.3, 0.4) is 0 Å². The number of benzene rings is 1. The molecule has 0 atom stereocenters. The molecule has 20 heavy (non-hydrogen) atoms. The highest BCUT2D eigenvalue weighted by atomic mass is 19.4. The molecule has 0 aliphatic rings. The van der Waals surface area contributed by atoms with Crippen LogP contribution in [0, 0.1) is 6.92 Å². The Balaban J connectivity index is 2.83. The lowest BCUT2D eigenvalue weighted by Crippen LogP contribution is -2.40. The zero-order valence-corrected chi connectivity index (χ0v) is 10.7. The molecule has 0 bridgehead atoms. The van der Waals surface area contributed by atoms with Crippen molar-refractivity contribution >= 4 is 0 Å². The number of halogens is 3. The SMILES string of the molecule is Cc1ccccc1-n1c(=O)cc(C(F)(F)F)n(C)c1=O. The predicted molar refractivity (Wildman–Crippen MR) is 67.0 cm³/mol. The molecule has 1 aromatic heterocycles. The molecular formula is C13H11F3N2O2. The van der Waals surface area contributed by atoms with E-state index in [4.69, 9.17) is 0 Å². The lowest BCUT2D eigenvalue weighted by Gasteiger charge is -2.14. The summed E-state index contributed by atoms with van der Waals surface area (Å²) >= 11 is 0. The van der Waals surface area contributed by atoms with Crippen LogP contribution in [0.25, 0.3) is 5.69 Å². The quantitative estimate of drug-likeness (QED) is 0.802. The van der Waals surface area contributed by atoms with Crippen molar-refractivity contribution in [2.24, 2.45) is 7.05 Å². The summed E-state index contributed by atoms with van der Waals surface area (Å²) in [5.41, 5.74) is -2.41. The van der Waals surface area contributed by atoms with E-state index in [0.29, 0.717) is 16.2 Å². The van der Waals surface area contributed by atoms with E-state index in [1.54, 1.807) is 25.1 Å². The Morgan fingerprint density at radius 1 is 1.10 bits per heavy atom. The van der Waals surface area contributed by atoms with Crippen molar-refractivity contribution in [1.29, 1.82) is 0 Å². The van der Waals surface area contributed by atoms with Gasteiger partial charge in [0, 0.05) is 13.1 Å². The molecule has 0 aliphatic heterocycles. The van der Waals surface area contributed by atoms with Crippen molar-refractivity contribution in [3.63, 3.8) is 0 Å². The summed E-state index contributed by atoms with van der Waals surface area (Å²) < 4.78 is 39.3. The Morgan fingerprint density at radius 2 is 1.70 bits per heavy atom. The summed E-state index contributed by atoms with van der Waals surface area (Å²) in [6.45, 7) is 1.67. The normalized spacial score (nSPS) is 11.7. The molecule has 0 spiro atoms. The van der Waals surface area contributed by atoms with Crippen molar-refractivity contribution < 1.29 is 13.2 Å². The van der Waals surface area contributed by atoms with Gasteiger partial charge in [-0.3, -0.25) is 9.36 Å². The Kier molecular flexibility index (Phi) is 3.29. The standard InChI is InChI=1S/C13H11F3N2O2/c1-8-5-3-4-6-9(8)18-11(19)7-10(13(14,15)16)17(2)12(18)20/h3-7H,1-2H3. The molecule has 0 saturated carbocycles. The molecule has 7 heteroatoms. The predicted octanol–water partition coefficient (Wildman–Crippen LogP) is 1.86. The van der Waals surface area contributed by atoms with Crippen molar-refractivity contribution in [2.45, 2.75) is 13.1 Å². The second-order valence-corrected chi connectivity index (χ2v) is 4.33. The fourth-order valence-corrected chi connectivity index (χ4v) is 1.93. The minimum absolute atomic E-state index is 0.270. The van der Waals surface area contributed by atoms with Crippen LogP contribution < -0.4 is 11.2 Å². The first-order valence-corrected chi connectivity index (χ1v) is 5.70. The van der Waals surface area contributed by atoms with Crippen molar-refractivity contribution in [1.82, 2.24) is 9.13 Å². The van der Waals surface area contributed by atoms with Crippen LogP contribution in [0.5, 0.6) is 0 Å². The molecule has 0 N–H and O–H groups in total. The van der Waals surface area contributed by atoms with E-state index in [-0.39, 0.29) is 5.69 Å². The van der Waals surface area contributed by atoms with Gasteiger partial charge >= 0.3 is 11.9 Å². The summed E-state index contributed by atoms with van der Waals surface area (Å²) in [6, 6.07) is 6.91. The van der Waals surface area contributed by atoms with Crippen LogP contribution >= 0.6 is 0 Å². The smallest absolute Gasteiger partial charge is 0.292 e. The molecule has 0 unspecified atom stereocenters. The average Bonchev–Trinajstić information content (AvgIpc) is 2.35. The van der Waals surface area contributed by atoms with E-state index >= 15 is 0 Å². The minimum Gasteiger partial charge on any atom is -0.292 e. The number of hydrogen-bond acceptors (Lipinski definition) is 2. The highest BCUT2D eigenvalue weighted by Gasteiger charge is 2.35. The maximum Gasteiger partial charge on any atom is 0.431 e. The topological polar surface area (TPSA) is 44.0 Å². The first-order valence-electron chi connectivity index (χ1n) is 5.70. The van der Waals surface area contributed by atoms with Gasteiger partial charge < -0.3 is 0 Å². The molecule has 0 fully saturated rings. The summed E-state index contributed by atoms with van der Waals surface area (Å²) in [6.07, 6.45) is -4.75. The number of aromatic nitrogens is 2. The third-order valence-corrected chi connectivity index (χ3v) is 2.97. The second kappa shape index (κ2) is 4.66. The molecule has 0 amide bonds. The first kappa shape index (κ1) is 14.1. The third kappa shape index (κ3) is 2.26.